The van der Waals surface area contributed by atoms with Crippen molar-refractivity contribution >= 4 is 34.5 Å². The minimum atomic E-state index is -0.354. The molecule has 11 nitrogen and oxygen atoms in total. The van der Waals surface area contributed by atoms with Gasteiger partial charge in [0.25, 0.3) is 0 Å². The van der Waals surface area contributed by atoms with Gasteiger partial charge in [0.2, 0.25) is 5.91 Å². The molecule has 3 aromatic rings. The number of nitrogens with two attached hydrogens (primary N) is 1. The van der Waals surface area contributed by atoms with Gasteiger partial charge in [0, 0.05) is 38.6 Å². The van der Waals surface area contributed by atoms with E-state index in [1.165, 1.54) is 10.9 Å². The molecule has 0 radical (unpaired) electrons. The van der Waals surface area contributed by atoms with Crippen LogP contribution in [0.3, 0.4) is 0 Å². The van der Waals surface area contributed by atoms with E-state index in [1.54, 1.807) is 35.4 Å². The topological polar surface area (TPSA) is 142 Å². The zero-order valence-corrected chi connectivity index (χ0v) is 20.4. The normalized spacial score (nSPS) is 17.4. The van der Waals surface area contributed by atoms with Crippen LogP contribution in [0.1, 0.15) is 19.8 Å². The Kier molecular flexibility index (Phi) is 7.65. The van der Waals surface area contributed by atoms with E-state index in [4.69, 9.17) is 15.7 Å². The van der Waals surface area contributed by atoms with Crippen LogP contribution in [0.15, 0.2) is 42.9 Å². The first-order valence-corrected chi connectivity index (χ1v) is 11.9. The number of likely N-dealkylation sites (tertiary alicyclic amines) is 1. The van der Waals surface area contributed by atoms with Crippen LogP contribution in [0.5, 0.6) is 5.75 Å². The van der Waals surface area contributed by atoms with Crippen LogP contribution in [0.2, 0.25) is 0 Å². The molecule has 188 valence electrons. The molecule has 0 bridgehead atoms. The van der Waals surface area contributed by atoms with Crippen molar-refractivity contribution in [1.29, 1.82) is 5.26 Å². The van der Waals surface area contributed by atoms with Crippen molar-refractivity contribution < 1.29 is 14.3 Å². The van der Waals surface area contributed by atoms with E-state index in [9.17, 15) is 9.59 Å². The number of fused-ring (bicyclic) bond motifs is 1. The number of nitrogens with one attached hydrogen (secondary N) is 1. The van der Waals surface area contributed by atoms with Gasteiger partial charge < -0.3 is 25.6 Å². The largest absolute Gasteiger partial charge is 0.492 e. The molecule has 1 aromatic carbocycles. The Labute approximate surface area is 209 Å². The van der Waals surface area contributed by atoms with Crippen molar-refractivity contribution in [3.8, 4) is 11.8 Å². The number of piperidine rings is 1. The van der Waals surface area contributed by atoms with Crippen LogP contribution >= 0.6 is 0 Å². The first kappa shape index (κ1) is 24.9. The summed E-state index contributed by atoms with van der Waals surface area (Å²) >= 11 is 0. The molecule has 11 heteroatoms. The number of ether oxygens (including phenoxy) is 1. The summed E-state index contributed by atoms with van der Waals surface area (Å²) in [6.45, 7) is 4.15. The summed E-state index contributed by atoms with van der Waals surface area (Å²) in [5.41, 5.74) is 6.55. The van der Waals surface area contributed by atoms with Gasteiger partial charge in [0.05, 0.1) is 17.5 Å². The number of likely N-dealkylation sites (N-methyl/N-ethyl adjacent to an activating group) is 1. The average Bonchev–Trinajstić information content (AvgIpc) is 3.33. The van der Waals surface area contributed by atoms with Crippen molar-refractivity contribution in [3.63, 3.8) is 0 Å². The zero-order chi connectivity index (χ0) is 25.7. The Balaban J connectivity index is 1.53. The number of nitrogens with zero attached hydrogens (tertiary/aromatic N) is 6. The van der Waals surface area contributed by atoms with Gasteiger partial charge in [-0.2, -0.15) is 5.26 Å². The number of amides is 2. The first-order valence-electron chi connectivity index (χ1n) is 11.9. The van der Waals surface area contributed by atoms with E-state index in [-0.39, 0.29) is 24.4 Å². The standard InChI is InChI=1S/C25H30N8O3/c1-17-8-12-32(22(34)7-10-26)15-21(17)31(2)23-20-9-13-33(24(20)29-16-28-23)25(35)30-18-3-5-19(6-4-18)36-14-11-27/h3-6,9,13,16-17,21H,7-8,11-12,14-15,27H2,1-2H3,(H,30,35)/t17-,21+/m1/s1. The Bertz CT molecular complexity index is 1270. The SMILES string of the molecule is C[C@@H]1CCN(C(=O)CC#N)C[C@@H]1N(C)c1ncnc2c1ccn2C(=O)Nc1ccc(OCCN)cc1. The number of hydrogen-bond donors (Lipinski definition) is 2. The Hall–Kier alpha value is -4.17. The highest BCUT2D eigenvalue weighted by atomic mass is 16.5. The van der Waals surface area contributed by atoms with E-state index < -0.39 is 0 Å². The van der Waals surface area contributed by atoms with Crippen LogP contribution in [0.4, 0.5) is 16.3 Å². The third kappa shape index (κ3) is 5.23. The number of hydrogen-bond acceptors (Lipinski definition) is 8. The Morgan fingerprint density at radius 3 is 2.78 bits per heavy atom. The molecular weight excluding hydrogens is 460 g/mol. The highest BCUT2D eigenvalue weighted by molar-refractivity contribution is 5.99. The summed E-state index contributed by atoms with van der Waals surface area (Å²) in [6.07, 6.45) is 3.81. The van der Waals surface area contributed by atoms with Gasteiger partial charge >= 0.3 is 6.03 Å². The molecule has 0 saturated carbocycles. The van der Waals surface area contributed by atoms with Gasteiger partial charge in [0.15, 0.2) is 5.65 Å². The number of anilines is 2. The van der Waals surface area contributed by atoms with Crippen molar-refractivity contribution in [3.05, 3.63) is 42.9 Å². The molecule has 3 N–H and O–H groups in total. The molecule has 0 aliphatic carbocycles. The van der Waals surface area contributed by atoms with Gasteiger partial charge in [-0.15, -0.1) is 0 Å². The highest BCUT2D eigenvalue weighted by Crippen LogP contribution is 2.30. The lowest BCUT2D eigenvalue weighted by molar-refractivity contribution is -0.131. The molecular formula is C25H30N8O3. The maximum Gasteiger partial charge on any atom is 0.331 e. The molecule has 2 amide bonds. The highest BCUT2D eigenvalue weighted by Gasteiger charge is 2.32. The minimum Gasteiger partial charge on any atom is -0.492 e. The molecule has 1 aliphatic rings. The smallest absolute Gasteiger partial charge is 0.331 e. The minimum absolute atomic E-state index is 0.0108. The summed E-state index contributed by atoms with van der Waals surface area (Å²) in [7, 11) is 1.94. The summed E-state index contributed by atoms with van der Waals surface area (Å²) in [5.74, 6) is 1.51. The van der Waals surface area contributed by atoms with Crippen LogP contribution in [-0.2, 0) is 4.79 Å². The predicted octanol–water partition coefficient (Wildman–Crippen LogP) is 2.44. The maximum absolute atomic E-state index is 13.0. The van der Waals surface area contributed by atoms with Crippen LogP contribution in [0, 0.1) is 17.2 Å². The number of rotatable bonds is 7. The third-order valence-corrected chi connectivity index (χ3v) is 6.50. The molecule has 0 unspecified atom stereocenters. The lowest BCUT2D eigenvalue weighted by Gasteiger charge is -2.42. The lowest BCUT2D eigenvalue weighted by Crippen LogP contribution is -2.52. The number of nitriles is 1. The molecule has 1 aliphatic heterocycles. The van der Waals surface area contributed by atoms with Gasteiger partial charge in [-0.1, -0.05) is 6.92 Å². The van der Waals surface area contributed by atoms with Gasteiger partial charge in [-0.3, -0.25) is 9.36 Å². The lowest BCUT2D eigenvalue weighted by atomic mass is 9.92. The van der Waals surface area contributed by atoms with E-state index in [1.807, 2.05) is 24.1 Å². The Morgan fingerprint density at radius 1 is 1.28 bits per heavy atom. The molecule has 4 rings (SSSR count). The van der Waals surface area contributed by atoms with Gasteiger partial charge in [-0.05, 0) is 42.7 Å². The molecule has 0 spiro atoms. The average molecular weight is 491 g/mol. The summed E-state index contributed by atoms with van der Waals surface area (Å²) < 4.78 is 6.91. The van der Waals surface area contributed by atoms with E-state index in [2.05, 4.69) is 22.2 Å². The number of benzene rings is 1. The van der Waals surface area contributed by atoms with E-state index in [0.717, 1.165) is 11.8 Å². The molecule has 3 heterocycles. The van der Waals surface area contributed by atoms with E-state index in [0.29, 0.717) is 55.1 Å². The van der Waals surface area contributed by atoms with Crippen LogP contribution < -0.4 is 20.7 Å². The summed E-state index contributed by atoms with van der Waals surface area (Å²) in [4.78, 5) is 38.0. The molecule has 2 aromatic heterocycles. The van der Waals surface area contributed by atoms with Crippen molar-refractivity contribution in [2.75, 3.05) is 43.5 Å². The second-order valence-electron chi connectivity index (χ2n) is 8.83. The molecule has 1 fully saturated rings. The number of carbonyl (C=O) groups is 2. The van der Waals surface area contributed by atoms with Crippen molar-refractivity contribution in [1.82, 2.24) is 19.4 Å². The monoisotopic (exact) mass is 490 g/mol. The van der Waals surface area contributed by atoms with Crippen molar-refractivity contribution in [2.24, 2.45) is 11.7 Å². The molecule has 36 heavy (non-hydrogen) atoms. The summed E-state index contributed by atoms with van der Waals surface area (Å²) in [5, 5.41) is 12.5. The van der Waals surface area contributed by atoms with Crippen LogP contribution in [-0.4, -0.2) is 70.7 Å². The van der Waals surface area contributed by atoms with Gasteiger partial charge in [-0.25, -0.2) is 14.8 Å². The third-order valence-electron chi connectivity index (χ3n) is 6.50. The maximum atomic E-state index is 13.0. The van der Waals surface area contributed by atoms with Gasteiger partial charge in [0.1, 0.15) is 30.9 Å². The molecule has 2 atom stereocenters. The van der Waals surface area contributed by atoms with Crippen molar-refractivity contribution in [2.45, 2.75) is 25.8 Å². The fourth-order valence-corrected chi connectivity index (χ4v) is 4.49. The second kappa shape index (κ2) is 11.0. The predicted molar refractivity (Wildman–Crippen MR) is 136 cm³/mol. The number of carbonyl (C=O) groups excluding carboxylic acids is 2. The van der Waals surface area contributed by atoms with Crippen LogP contribution in [0.25, 0.3) is 11.0 Å². The fourth-order valence-electron chi connectivity index (χ4n) is 4.49. The zero-order valence-electron chi connectivity index (χ0n) is 20.4. The number of aromatic nitrogens is 3. The second-order valence-corrected chi connectivity index (χ2v) is 8.83. The van der Waals surface area contributed by atoms with E-state index >= 15 is 0 Å². The molecule has 1 saturated heterocycles. The Morgan fingerprint density at radius 2 is 2.06 bits per heavy atom. The fraction of sp³-hybridized carbons (Fsp3) is 0.400. The summed E-state index contributed by atoms with van der Waals surface area (Å²) in [6, 6.07) is 10.5. The first-order chi connectivity index (χ1) is 17.4. The quantitative estimate of drug-likeness (QED) is 0.514.